The number of ether oxygens (including phenoxy) is 2. The zero-order chi connectivity index (χ0) is 20.1. The zero-order valence-corrected chi connectivity index (χ0v) is 15.5. The van der Waals surface area contributed by atoms with Gasteiger partial charge in [0.05, 0.1) is 35.7 Å². The first-order chi connectivity index (χ1) is 13.5. The number of aryl methyl sites for hydroxylation is 1. The van der Waals surface area contributed by atoms with Crippen LogP contribution in [0.15, 0.2) is 53.1 Å². The van der Waals surface area contributed by atoms with Gasteiger partial charge in [-0.3, -0.25) is 14.9 Å². The van der Waals surface area contributed by atoms with Gasteiger partial charge in [0.1, 0.15) is 5.75 Å². The number of benzene rings is 2. The Morgan fingerprint density at radius 3 is 2.79 bits per heavy atom. The fraction of sp³-hybridized carbons (Fsp3) is 0.158. The Kier molecular flexibility index (Phi) is 5.90. The third-order valence-electron chi connectivity index (χ3n) is 3.82. The summed E-state index contributed by atoms with van der Waals surface area (Å²) in [5.74, 6) is 0.306. The van der Waals surface area contributed by atoms with Crippen molar-refractivity contribution in [2.24, 2.45) is 0 Å². The van der Waals surface area contributed by atoms with Crippen molar-refractivity contribution in [3.8, 4) is 22.8 Å². The van der Waals surface area contributed by atoms with E-state index < -0.39 is 10.9 Å². The highest BCUT2D eigenvalue weighted by Crippen LogP contribution is 2.31. The summed E-state index contributed by atoms with van der Waals surface area (Å²) in [7, 11) is 1.39. The molecule has 3 rings (SSSR count). The van der Waals surface area contributed by atoms with Crippen LogP contribution in [0.25, 0.3) is 11.3 Å². The standard InChI is InChI=1S/C19H15ClN2O6/c1-26-12-6-7-16(15(10-12)22(24)25)28-19(23)9-8-18-21-11-17(27-18)13-4-2-3-5-14(13)20/h2-7,10-11H,8-9H2,1H3. The largest absolute Gasteiger partial charge is 0.496 e. The number of carbonyl (C=O) groups excluding carboxylic acids is 1. The second-order valence-corrected chi connectivity index (χ2v) is 6.07. The molecule has 0 unspecified atom stereocenters. The highest BCUT2D eigenvalue weighted by atomic mass is 35.5. The maximum absolute atomic E-state index is 12.1. The van der Waals surface area contributed by atoms with Gasteiger partial charge >= 0.3 is 11.7 Å². The van der Waals surface area contributed by atoms with E-state index in [2.05, 4.69) is 4.98 Å². The Morgan fingerprint density at radius 2 is 2.07 bits per heavy atom. The minimum Gasteiger partial charge on any atom is -0.496 e. The Morgan fingerprint density at radius 1 is 1.29 bits per heavy atom. The normalized spacial score (nSPS) is 10.5. The Bertz CT molecular complexity index is 1020. The number of nitrogens with zero attached hydrogens (tertiary/aromatic N) is 2. The van der Waals surface area contributed by atoms with Crippen LogP contribution in [0.5, 0.6) is 11.5 Å². The van der Waals surface area contributed by atoms with Gasteiger partial charge in [-0.25, -0.2) is 4.98 Å². The molecule has 0 bridgehead atoms. The maximum Gasteiger partial charge on any atom is 0.315 e. The fourth-order valence-corrected chi connectivity index (χ4v) is 2.68. The molecule has 0 fully saturated rings. The molecule has 0 spiro atoms. The summed E-state index contributed by atoms with van der Waals surface area (Å²) < 4.78 is 15.7. The molecular formula is C19H15ClN2O6. The lowest BCUT2D eigenvalue weighted by molar-refractivity contribution is -0.385. The van der Waals surface area contributed by atoms with E-state index in [0.29, 0.717) is 28.0 Å². The number of rotatable bonds is 7. The molecule has 8 nitrogen and oxygen atoms in total. The van der Waals surface area contributed by atoms with Gasteiger partial charge < -0.3 is 13.9 Å². The maximum atomic E-state index is 12.1. The second-order valence-electron chi connectivity index (χ2n) is 5.66. The van der Waals surface area contributed by atoms with E-state index in [1.54, 1.807) is 18.2 Å². The van der Waals surface area contributed by atoms with Gasteiger partial charge in [-0.15, -0.1) is 0 Å². The number of carbonyl (C=O) groups is 1. The van der Waals surface area contributed by atoms with Crippen LogP contribution in [0.1, 0.15) is 12.3 Å². The molecule has 0 aliphatic carbocycles. The molecule has 0 amide bonds. The molecule has 0 saturated carbocycles. The number of methoxy groups -OCH3 is 1. The van der Waals surface area contributed by atoms with Crippen molar-refractivity contribution >= 4 is 23.3 Å². The molecule has 0 N–H and O–H groups in total. The van der Waals surface area contributed by atoms with Crippen molar-refractivity contribution in [3.05, 3.63) is 69.7 Å². The minimum absolute atomic E-state index is 0.0638. The second kappa shape index (κ2) is 8.53. The first-order valence-corrected chi connectivity index (χ1v) is 8.58. The van der Waals surface area contributed by atoms with Gasteiger partial charge in [0.25, 0.3) is 0 Å². The first-order valence-electron chi connectivity index (χ1n) is 8.20. The third-order valence-corrected chi connectivity index (χ3v) is 4.15. The topological polar surface area (TPSA) is 105 Å². The quantitative estimate of drug-likeness (QED) is 0.249. The number of esters is 1. The van der Waals surface area contributed by atoms with E-state index in [9.17, 15) is 14.9 Å². The number of halogens is 1. The molecule has 1 aromatic heterocycles. The van der Waals surface area contributed by atoms with Crippen LogP contribution in [0.2, 0.25) is 5.02 Å². The van der Waals surface area contributed by atoms with Crippen molar-refractivity contribution in [3.63, 3.8) is 0 Å². The zero-order valence-electron chi connectivity index (χ0n) is 14.8. The molecular weight excluding hydrogens is 388 g/mol. The van der Waals surface area contributed by atoms with Gasteiger partial charge in [0.15, 0.2) is 11.7 Å². The summed E-state index contributed by atoms with van der Waals surface area (Å²) in [6.07, 6.45) is 1.63. The van der Waals surface area contributed by atoms with Crippen molar-refractivity contribution in [2.45, 2.75) is 12.8 Å². The van der Waals surface area contributed by atoms with Gasteiger partial charge in [-0.2, -0.15) is 0 Å². The van der Waals surface area contributed by atoms with Crippen LogP contribution >= 0.6 is 11.6 Å². The molecule has 1 heterocycles. The SMILES string of the molecule is COc1ccc(OC(=O)CCc2ncc(-c3ccccc3Cl)o2)c([N+](=O)[O-])c1. The summed E-state index contributed by atoms with van der Waals surface area (Å²) in [6.45, 7) is 0. The molecule has 28 heavy (non-hydrogen) atoms. The lowest BCUT2D eigenvalue weighted by Crippen LogP contribution is -2.10. The molecule has 3 aromatic rings. The molecule has 0 radical (unpaired) electrons. The number of hydrogen-bond acceptors (Lipinski definition) is 7. The van der Waals surface area contributed by atoms with Gasteiger partial charge in [0, 0.05) is 12.0 Å². The van der Waals surface area contributed by atoms with Crippen molar-refractivity contribution in [2.75, 3.05) is 7.11 Å². The van der Waals surface area contributed by atoms with Crippen LogP contribution in [0.3, 0.4) is 0 Å². The van der Waals surface area contributed by atoms with E-state index in [0.717, 1.165) is 0 Å². The summed E-state index contributed by atoms with van der Waals surface area (Å²) in [4.78, 5) is 26.7. The summed E-state index contributed by atoms with van der Waals surface area (Å²) in [6, 6.07) is 11.1. The fourth-order valence-electron chi connectivity index (χ4n) is 2.45. The lowest BCUT2D eigenvalue weighted by atomic mass is 10.2. The van der Waals surface area contributed by atoms with Crippen molar-refractivity contribution < 1.29 is 23.6 Å². The average molecular weight is 403 g/mol. The minimum atomic E-state index is -0.647. The third kappa shape index (κ3) is 4.47. The van der Waals surface area contributed by atoms with Crippen LogP contribution in [-0.4, -0.2) is 23.0 Å². The van der Waals surface area contributed by atoms with Crippen molar-refractivity contribution in [1.29, 1.82) is 0 Å². The van der Waals surface area contributed by atoms with Crippen LogP contribution in [0, 0.1) is 10.1 Å². The molecule has 2 aromatic carbocycles. The number of aromatic nitrogens is 1. The van der Waals surface area contributed by atoms with Gasteiger partial charge in [0.2, 0.25) is 5.75 Å². The predicted molar refractivity (Wildman–Crippen MR) is 101 cm³/mol. The predicted octanol–water partition coefficient (Wildman–Crippen LogP) is 4.45. The van der Waals surface area contributed by atoms with E-state index >= 15 is 0 Å². The Balaban J connectivity index is 1.64. The van der Waals surface area contributed by atoms with Gasteiger partial charge in [-0.1, -0.05) is 23.7 Å². The smallest absolute Gasteiger partial charge is 0.315 e. The molecule has 0 saturated heterocycles. The molecule has 0 aliphatic rings. The van der Waals surface area contributed by atoms with Crippen LogP contribution in [0.4, 0.5) is 5.69 Å². The number of nitro benzene ring substituents is 1. The molecule has 144 valence electrons. The van der Waals surface area contributed by atoms with E-state index in [4.69, 9.17) is 25.5 Å². The number of hydrogen-bond donors (Lipinski definition) is 0. The van der Waals surface area contributed by atoms with Gasteiger partial charge in [-0.05, 0) is 24.3 Å². The highest BCUT2D eigenvalue weighted by Gasteiger charge is 2.20. The summed E-state index contributed by atoms with van der Waals surface area (Å²) in [5.41, 5.74) is 0.337. The molecule has 9 heteroatoms. The Hall–Kier alpha value is -3.39. The summed E-state index contributed by atoms with van der Waals surface area (Å²) in [5, 5.41) is 11.7. The first kappa shape index (κ1) is 19.4. The van der Waals surface area contributed by atoms with Crippen LogP contribution < -0.4 is 9.47 Å². The van der Waals surface area contributed by atoms with E-state index in [1.165, 1.54) is 31.5 Å². The van der Waals surface area contributed by atoms with Crippen LogP contribution in [-0.2, 0) is 11.2 Å². The van der Waals surface area contributed by atoms with E-state index in [1.807, 2.05) is 6.07 Å². The molecule has 0 atom stereocenters. The van der Waals surface area contributed by atoms with Crippen molar-refractivity contribution in [1.82, 2.24) is 4.98 Å². The highest BCUT2D eigenvalue weighted by molar-refractivity contribution is 6.33. The average Bonchev–Trinajstić information content (AvgIpc) is 3.15. The monoisotopic (exact) mass is 402 g/mol. The van der Waals surface area contributed by atoms with E-state index in [-0.39, 0.29) is 24.3 Å². The number of oxazole rings is 1. The summed E-state index contributed by atoms with van der Waals surface area (Å²) >= 11 is 6.12. The molecule has 0 aliphatic heterocycles. The lowest BCUT2D eigenvalue weighted by Gasteiger charge is -2.06. The Labute approximate surface area is 164 Å². The number of nitro groups is 1.